The molecule has 2 saturated heterocycles. The van der Waals surface area contributed by atoms with Crippen LogP contribution < -0.4 is 15.8 Å². The van der Waals surface area contributed by atoms with Gasteiger partial charge in [-0.25, -0.2) is 0 Å². The summed E-state index contributed by atoms with van der Waals surface area (Å²) < 4.78 is 5.85. The predicted molar refractivity (Wildman–Crippen MR) is 213 cm³/mol. The van der Waals surface area contributed by atoms with Gasteiger partial charge >= 0.3 is 0 Å². The van der Waals surface area contributed by atoms with Crippen LogP contribution in [0.25, 0.3) is 0 Å². The lowest BCUT2D eigenvalue weighted by molar-refractivity contribution is -0.136. The predicted octanol–water partition coefficient (Wildman–Crippen LogP) is 4.02. The Morgan fingerprint density at radius 2 is 1.16 bits per heavy atom. The Kier molecular flexibility index (Phi) is 19.1. The SMILES string of the molecule is CO.Cl.N[C@H](C(=O)N1CCCC1)[C@H](O)c1ccc(O)cc1.O=C([C@@H](NC(CO)c1ccccc1)[C@H](O)c1ccc(OCc2ccccc2)cc1)N1CCCC1. The number of amides is 2. The van der Waals surface area contributed by atoms with Gasteiger partial charge in [-0.1, -0.05) is 84.9 Å². The van der Waals surface area contributed by atoms with E-state index in [0.717, 1.165) is 57.0 Å². The van der Waals surface area contributed by atoms with Gasteiger partial charge < -0.3 is 45.8 Å². The molecule has 0 bridgehead atoms. The number of benzene rings is 4. The highest BCUT2D eigenvalue weighted by molar-refractivity contribution is 5.85. The number of likely N-dealkylation sites (tertiary alicyclic amines) is 2. The van der Waals surface area contributed by atoms with Crippen LogP contribution in [-0.2, 0) is 16.2 Å². The molecule has 0 radical (unpaired) electrons. The number of rotatable bonds is 13. The van der Waals surface area contributed by atoms with Crippen molar-refractivity contribution in [1.82, 2.24) is 15.1 Å². The van der Waals surface area contributed by atoms with Gasteiger partial charge in [0, 0.05) is 33.3 Å². The van der Waals surface area contributed by atoms with E-state index in [1.54, 1.807) is 46.2 Å². The number of nitrogens with two attached hydrogens (primary N) is 1. The highest BCUT2D eigenvalue weighted by atomic mass is 35.5. The van der Waals surface area contributed by atoms with Gasteiger partial charge in [0.2, 0.25) is 11.8 Å². The summed E-state index contributed by atoms with van der Waals surface area (Å²) in [5, 5.41) is 50.8. The number of phenols is 1. The third-order valence-corrected chi connectivity index (χ3v) is 9.51. The highest BCUT2D eigenvalue weighted by Crippen LogP contribution is 2.26. The minimum atomic E-state index is -1.07. The Morgan fingerprint density at radius 1 is 0.691 bits per heavy atom. The molecule has 1 unspecified atom stereocenters. The Hall–Kier alpha value is -4.53. The molecule has 13 heteroatoms. The van der Waals surface area contributed by atoms with E-state index in [4.69, 9.17) is 15.6 Å². The van der Waals surface area contributed by atoms with Crippen LogP contribution in [-0.4, -0.2) is 99.1 Å². The van der Waals surface area contributed by atoms with Gasteiger partial charge in [-0.05, 0) is 72.2 Å². The second-order valence-electron chi connectivity index (χ2n) is 13.2. The zero-order valence-corrected chi connectivity index (χ0v) is 32.0. The van der Waals surface area contributed by atoms with Crippen molar-refractivity contribution in [2.24, 2.45) is 5.73 Å². The summed E-state index contributed by atoms with van der Waals surface area (Å²) in [4.78, 5) is 28.9. The molecule has 5 atom stereocenters. The lowest BCUT2D eigenvalue weighted by Gasteiger charge is -2.31. The first kappa shape index (κ1) is 44.9. The van der Waals surface area contributed by atoms with Crippen molar-refractivity contribution < 1.29 is 39.9 Å². The maximum absolute atomic E-state index is 13.4. The lowest BCUT2D eigenvalue weighted by atomic mass is 9.98. The van der Waals surface area contributed by atoms with Gasteiger partial charge in [0.05, 0.1) is 12.6 Å². The van der Waals surface area contributed by atoms with E-state index in [0.29, 0.717) is 36.6 Å². The average Bonchev–Trinajstić information content (AvgIpc) is 3.98. The summed E-state index contributed by atoms with van der Waals surface area (Å²) >= 11 is 0. The standard InChI is InChI=1S/C28H32N2O4.C13H18N2O3.CH4O.ClH/c31-19-25(22-11-5-2-6-12-22)29-26(28(33)30-17-7-8-18-30)27(32)23-13-15-24(16-14-23)34-20-21-9-3-1-4-10-21;14-11(13(18)15-7-1-2-8-15)12(17)9-3-5-10(16)6-4-9;1-2;/h1-6,9-16,25-27,29,31-32H,7-8,17-20H2;3-6,11-12,16-17H,1-2,7-8,14H2;2H,1H3;1H/t25?,26-,27+;11-,12+;;/m00../s1. The molecule has 4 aromatic rings. The Bertz CT molecular complexity index is 1670. The topological polar surface area (TPSA) is 189 Å². The van der Waals surface area contributed by atoms with Gasteiger partial charge in [0.1, 0.15) is 42.4 Å². The number of hydrogen-bond acceptors (Lipinski definition) is 10. The maximum atomic E-state index is 13.4. The zero-order valence-electron chi connectivity index (χ0n) is 31.2. The van der Waals surface area contributed by atoms with Crippen LogP contribution in [0.3, 0.4) is 0 Å². The Labute approximate surface area is 329 Å². The third kappa shape index (κ3) is 13.0. The molecule has 0 aliphatic carbocycles. The maximum Gasteiger partial charge on any atom is 0.242 e. The van der Waals surface area contributed by atoms with Crippen LogP contribution in [0.15, 0.2) is 109 Å². The minimum absolute atomic E-state index is 0. The monoisotopic (exact) mass is 778 g/mol. The number of carbonyl (C=O) groups excluding carboxylic acids is 2. The summed E-state index contributed by atoms with van der Waals surface area (Å²) in [6.07, 6.45) is 1.79. The van der Waals surface area contributed by atoms with Crippen LogP contribution in [0, 0.1) is 0 Å². The number of ether oxygens (including phenoxy) is 1. The van der Waals surface area contributed by atoms with E-state index in [1.807, 2.05) is 60.7 Å². The minimum Gasteiger partial charge on any atom is -0.508 e. The van der Waals surface area contributed by atoms with E-state index in [2.05, 4.69) is 5.32 Å². The van der Waals surface area contributed by atoms with Crippen LogP contribution in [0.4, 0.5) is 0 Å². The van der Waals surface area contributed by atoms with Gasteiger partial charge in [0.25, 0.3) is 0 Å². The van der Waals surface area contributed by atoms with E-state index >= 15 is 0 Å². The molecule has 0 spiro atoms. The molecule has 2 amide bonds. The number of nitrogens with one attached hydrogen (secondary N) is 1. The molecule has 8 N–H and O–H groups in total. The second-order valence-corrected chi connectivity index (χ2v) is 13.2. The number of hydrogen-bond donors (Lipinski definition) is 7. The zero-order chi connectivity index (χ0) is 38.9. The van der Waals surface area contributed by atoms with Gasteiger partial charge in [-0.15, -0.1) is 12.4 Å². The second kappa shape index (κ2) is 23.4. The number of aliphatic hydroxyl groups is 4. The highest BCUT2D eigenvalue weighted by Gasteiger charge is 2.35. The van der Waals surface area contributed by atoms with Crippen molar-refractivity contribution in [3.05, 3.63) is 131 Å². The number of carbonyl (C=O) groups is 2. The first-order valence-corrected chi connectivity index (χ1v) is 18.4. The average molecular weight is 779 g/mol. The Balaban J connectivity index is 0.000000327. The van der Waals surface area contributed by atoms with Crippen LogP contribution in [0.2, 0.25) is 0 Å². The van der Waals surface area contributed by atoms with Gasteiger partial charge in [0.15, 0.2) is 0 Å². The van der Waals surface area contributed by atoms with Crippen LogP contribution in [0.1, 0.15) is 66.2 Å². The molecule has 55 heavy (non-hydrogen) atoms. The number of aromatic hydroxyl groups is 1. The number of phenolic OH excluding ortho intramolecular Hbond substituents is 1. The normalized spacial score (nSPS) is 16.2. The summed E-state index contributed by atoms with van der Waals surface area (Å²) in [7, 11) is 1.00. The van der Waals surface area contributed by atoms with Crippen molar-refractivity contribution in [2.45, 2.75) is 62.6 Å². The molecule has 0 aromatic heterocycles. The molecule has 298 valence electrons. The van der Waals surface area contributed by atoms with Crippen LogP contribution in [0.5, 0.6) is 11.5 Å². The van der Waals surface area contributed by atoms with E-state index in [-0.39, 0.29) is 36.6 Å². The third-order valence-electron chi connectivity index (χ3n) is 9.51. The van der Waals surface area contributed by atoms with Crippen molar-refractivity contribution in [3.8, 4) is 11.5 Å². The van der Waals surface area contributed by atoms with Crippen molar-refractivity contribution in [3.63, 3.8) is 0 Å². The number of nitrogens with zero attached hydrogens (tertiary/aromatic N) is 2. The Morgan fingerprint density at radius 3 is 1.69 bits per heavy atom. The van der Waals surface area contributed by atoms with Crippen LogP contribution >= 0.6 is 12.4 Å². The van der Waals surface area contributed by atoms with E-state index < -0.39 is 30.3 Å². The number of aliphatic hydroxyl groups excluding tert-OH is 4. The quantitative estimate of drug-likeness (QED) is 0.105. The molecule has 2 aliphatic heterocycles. The number of halogens is 1. The van der Waals surface area contributed by atoms with Gasteiger partial charge in [-0.3, -0.25) is 14.9 Å². The van der Waals surface area contributed by atoms with Crippen molar-refractivity contribution in [2.75, 3.05) is 39.9 Å². The summed E-state index contributed by atoms with van der Waals surface area (Å²) in [5.74, 6) is 0.440. The summed E-state index contributed by atoms with van der Waals surface area (Å²) in [6, 6.07) is 30.3. The lowest BCUT2D eigenvalue weighted by Crippen LogP contribution is -2.50. The van der Waals surface area contributed by atoms with E-state index in [9.17, 15) is 30.0 Å². The van der Waals surface area contributed by atoms with E-state index in [1.165, 1.54) is 12.1 Å². The molecule has 2 heterocycles. The van der Waals surface area contributed by atoms with Gasteiger partial charge in [-0.2, -0.15) is 0 Å². The largest absolute Gasteiger partial charge is 0.508 e. The molecular formula is C42H55ClN4O8. The fourth-order valence-corrected chi connectivity index (χ4v) is 6.44. The van der Waals surface area contributed by atoms with Crippen molar-refractivity contribution >= 4 is 24.2 Å². The molecule has 0 saturated carbocycles. The molecule has 2 aliphatic rings. The summed E-state index contributed by atoms with van der Waals surface area (Å²) in [6.45, 7) is 3.07. The summed E-state index contributed by atoms with van der Waals surface area (Å²) in [5.41, 5.74) is 8.89. The molecule has 2 fully saturated rings. The first-order valence-electron chi connectivity index (χ1n) is 18.4. The molecule has 12 nitrogen and oxygen atoms in total. The molecule has 4 aromatic carbocycles. The molecule has 6 rings (SSSR count). The fraction of sp³-hybridized carbons (Fsp3) is 0.381. The fourth-order valence-electron chi connectivity index (χ4n) is 6.44. The smallest absolute Gasteiger partial charge is 0.242 e. The molecular weight excluding hydrogens is 724 g/mol. The van der Waals surface area contributed by atoms with Crippen molar-refractivity contribution in [1.29, 1.82) is 0 Å². The first-order chi connectivity index (χ1) is 26.2.